The third-order valence-electron chi connectivity index (χ3n) is 4.46. The van der Waals surface area contributed by atoms with Crippen LogP contribution in [0.5, 0.6) is 11.5 Å². The molecule has 0 saturated heterocycles. The Bertz CT molecular complexity index is 926. The SMILES string of the molecule is [c]1cccc(-c2ccccc2OCc2ccccc2)c1OCc1ccccc1. The average molecular weight is 365 g/mol. The van der Waals surface area contributed by atoms with Gasteiger partial charge in [0, 0.05) is 17.2 Å². The van der Waals surface area contributed by atoms with E-state index < -0.39 is 0 Å². The van der Waals surface area contributed by atoms with E-state index in [-0.39, 0.29) is 0 Å². The minimum atomic E-state index is 0.501. The Balaban J connectivity index is 1.57. The predicted molar refractivity (Wildman–Crippen MR) is 112 cm³/mol. The first kappa shape index (κ1) is 17.9. The van der Waals surface area contributed by atoms with Gasteiger partial charge in [-0.25, -0.2) is 0 Å². The largest absolute Gasteiger partial charge is 0.488 e. The van der Waals surface area contributed by atoms with E-state index in [0.29, 0.717) is 13.2 Å². The molecule has 2 nitrogen and oxygen atoms in total. The van der Waals surface area contributed by atoms with Gasteiger partial charge in [0.25, 0.3) is 0 Å². The Morgan fingerprint density at radius 3 is 1.82 bits per heavy atom. The molecule has 137 valence electrons. The Hall–Kier alpha value is -3.52. The molecule has 1 radical (unpaired) electrons. The molecule has 0 bridgehead atoms. The molecule has 0 aliphatic carbocycles. The molecule has 0 unspecified atom stereocenters. The molecule has 0 heterocycles. The minimum absolute atomic E-state index is 0.501. The van der Waals surface area contributed by atoms with Gasteiger partial charge in [-0.1, -0.05) is 97.1 Å². The smallest absolute Gasteiger partial charge is 0.135 e. The topological polar surface area (TPSA) is 18.5 Å². The van der Waals surface area contributed by atoms with E-state index in [4.69, 9.17) is 9.47 Å². The molecule has 0 amide bonds. The van der Waals surface area contributed by atoms with Crippen molar-refractivity contribution in [3.63, 3.8) is 0 Å². The van der Waals surface area contributed by atoms with Crippen molar-refractivity contribution in [1.29, 1.82) is 0 Å². The zero-order valence-corrected chi connectivity index (χ0v) is 15.5. The van der Waals surface area contributed by atoms with Gasteiger partial charge in [0.2, 0.25) is 0 Å². The summed E-state index contributed by atoms with van der Waals surface area (Å²) in [7, 11) is 0. The molecular weight excluding hydrogens is 344 g/mol. The van der Waals surface area contributed by atoms with Crippen LogP contribution < -0.4 is 9.47 Å². The first-order valence-corrected chi connectivity index (χ1v) is 9.34. The molecule has 0 spiro atoms. The van der Waals surface area contributed by atoms with Gasteiger partial charge in [0.1, 0.15) is 24.7 Å². The van der Waals surface area contributed by atoms with Gasteiger partial charge in [-0.15, -0.1) is 0 Å². The fraction of sp³-hybridized carbons (Fsp3) is 0.0769. The second-order valence-corrected chi connectivity index (χ2v) is 6.46. The zero-order chi connectivity index (χ0) is 19.0. The van der Waals surface area contributed by atoms with Crippen molar-refractivity contribution in [3.8, 4) is 22.6 Å². The van der Waals surface area contributed by atoms with Crippen LogP contribution in [-0.2, 0) is 13.2 Å². The van der Waals surface area contributed by atoms with E-state index in [1.165, 1.54) is 0 Å². The second kappa shape index (κ2) is 8.92. The Kier molecular flexibility index (Phi) is 5.69. The highest BCUT2D eigenvalue weighted by molar-refractivity contribution is 5.75. The van der Waals surface area contributed by atoms with Gasteiger partial charge in [-0.3, -0.25) is 0 Å². The lowest BCUT2D eigenvalue weighted by Crippen LogP contribution is -1.99. The summed E-state index contributed by atoms with van der Waals surface area (Å²) in [4.78, 5) is 0. The highest BCUT2D eigenvalue weighted by Gasteiger charge is 2.12. The predicted octanol–water partition coefficient (Wildman–Crippen LogP) is 6.31. The fourth-order valence-electron chi connectivity index (χ4n) is 3.03. The lowest BCUT2D eigenvalue weighted by molar-refractivity contribution is 0.302. The maximum Gasteiger partial charge on any atom is 0.135 e. The summed E-state index contributed by atoms with van der Waals surface area (Å²) < 4.78 is 12.2. The summed E-state index contributed by atoms with van der Waals surface area (Å²) in [5.74, 6) is 1.55. The summed E-state index contributed by atoms with van der Waals surface area (Å²) >= 11 is 0. The number of para-hydroxylation sites is 2. The van der Waals surface area contributed by atoms with E-state index in [2.05, 4.69) is 36.4 Å². The minimum Gasteiger partial charge on any atom is -0.488 e. The van der Waals surface area contributed by atoms with Gasteiger partial charge in [0.05, 0.1) is 0 Å². The third-order valence-corrected chi connectivity index (χ3v) is 4.46. The van der Waals surface area contributed by atoms with Crippen molar-refractivity contribution in [2.45, 2.75) is 13.2 Å². The van der Waals surface area contributed by atoms with Crippen molar-refractivity contribution in [2.24, 2.45) is 0 Å². The molecule has 4 rings (SSSR count). The summed E-state index contributed by atoms with van der Waals surface area (Å²) in [6.45, 7) is 1.02. The quantitative estimate of drug-likeness (QED) is 0.382. The van der Waals surface area contributed by atoms with Crippen LogP contribution in [0.2, 0.25) is 0 Å². The molecule has 4 aromatic carbocycles. The van der Waals surface area contributed by atoms with Crippen LogP contribution in [0.3, 0.4) is 0 Å². The van der Waals surface area contributed by atoms with Crippen molar-refractivity contribution in [1.82, 2.24) is 0 Å². The van der Waals surface area contributed by atoms with E-state index in [1.54, 1.807) is 0 Å². The molecular formula is C26H21O2. The molecule has 0 aliphatic heterocycles. The van der Waals surface area contributed by atoms with Crippen LogP contribution in [0.4, 0.5) is 0 Å². The fourth-order valence-corrected chi connectivity index (χ4v) is 3.03. The Morgan fingerprint density at radius 2 is 1.11 bits per heavy atom. The molecule has 0 atom stereocenters. The van der Waals surface area contributed by atoms with Crippen molar-refractivity contribution < 1.29 is 9.47 Å². The normalized spacial score (nSPS) is 10.4. The van der Waals surface area contributed by atoms with Crippen LogP contribution in [0.15, 0.2) is 103 Å². The molecule has 28 heavy (non-hydrogen) atoms. The maximum absolute atomic E-state index is 6.13. The third kappa shape index (κ3) is 4.41. The average Bonchev–Trinajstić information content (AvgIpc) is 2.78. The first-order chi connectivity index (χ1) is 13.9. The Morgan fingerprint density at radius 1 is 0.536 bits per heavy atom. The van der Waals surface area contributed by atoms with Gasteiger partial charge in [-0.2, -0.15) is 0 Å². The molecule has 0 aliphatic rings. The maximum atomic E-state index is 6.13. The van der Waals surface area contributed by atoms with E-state index in [9.17, 15) is 0 Å². The number of hydrogen-bond acceptors (Lipinski definition) is 2. The lowest BCUT2D eigenvalue weighted by Gasteiger charge is -2.15. The highest BCUT2D eigenvalue weighted by atomic mass is 16.5. The highest BCUT2D eigenvalue weighted by Crippen LogP contribution is 2.36. The molecule has 0 N–H and O–H groups in total. The van der Waals surface area contributed by atoms with E-state index in [1.807, 2.05) is 72.8 Å². The number of benzene rings is 4. The van der Waals surface area contributed by atoms with E-state index >= 15 is 0 Å². The van der Waals surface area contributed by atoms with Crippen LogP contribution >= 0.6 is 0 Å². The molecule has 2 heteroatoms. The van der Waals surface area contributed by atoms with E-state index in [0.717, 1.165) is 33.8 Å². The molecule has 0 fully saturated rings. The van der Waals surface area contributed by atoms with Crippen LogP contribution in [0.25, 0.3) is 11.1 Å². The number of rotatable bonds is 7. The van der Waals surface area contributed by atoms with Crippen molar-refractivity contribution >= 4 is 0 Å². The first-order valence-electron chi connectivity index (χ1n) is 9.34. The van der Waals surface area contributed by atoms with Gasteiger partial charge in [-0.05, 0) is 17.2 Å². The standard InChI is InChI=1S/C26H21O2/c1-3-11-21(12-4-1)19-27-25-17-9-7-15-23(25)24-16-8-10-18-26(24)28-20-22-13-5-2-6-14-22/h1-17H,19-20H2. The summed E-state index contributed by atoms with van der Waals surface area (Å²) in [6, 6.07) is 37.5. The molecule has 0 saturated carbocycles. The van der Waals surface area contributed by atoms with Crippen molar-refractivity contribution in [3.05, 3.63) is 120 Å². The van der Waals surface area contributed by atoms with Crippen LogP contribution in [0.1, 0.15) is 11.1 Å². The summed E-state index contributed by atoms with van der Waals surface area (Å²) in [6.07, 6.45) is 0. The second-order valence-electron chi connectivity index (χ2n) is 6.46. The van der Waals surface area contributed by atoms with Crippen LogP contribution in [-0.4, -0.2) is 0 Å². The molecule has 4 aromatic rings. The number of ether oxygens (including phenoxy) is 2. The summed E-state index contributed by atoms with van der Waals surface area (Å²) in [5.41, 5.74) is 4.23. The van der Waals surface area contributed by atoms with Gasteiger partial charge in [0.15, 0.2) is 0 Å². The van der Waals surface area contributed by atoms with Crippen molar-refractivity contribution in [2.75, 3.05) is 0 Å². The molecule has 0 aromatic heterocycles. The van der Waals surface area contributed by atoms with Gasteiger partial charge >= 0.3 is 0 Å². The Labute approximate surface area is 166 Å². The lowest BCUT2D eigenvalue weighted by atomic mass is 10.0. The monoisotopic (exact) mass is 365 g/mol. The zero-order valence-electron chi connectivity index (χ0n) is 15.5. The van der Waals surface area contributed by atoms with Gasteiger partial charge < -0.3 is 9.47 Å². The summed E-state index contributed by atoms with van der Waals surface area (Å²) in [5, 5.41) is 0. The number of hydrogen-bond donors (Lipinski definition) is 0. The van der Waals surface area contributed by atoms with Crippen LogP contribution in [0, 0.1) is 6.07 Å².